The number of hydrogen-bond acceptors (Lipinski definition) is 4. The fourth-order valence-corrected chi connectivity index (χ4v) is 2.34. The van der Waals surface area contributed by atoms with E-state index >= 15 is 0 Å². The Labute approximate surface area is 121 Å². The van der Waals surface area contributed by atoms with E-state index in [-0.39, 0.29) is 11.3 Å². The molecule has 2 rings (SSSR count). The SMILES string of the molecule is CCOC(=O)N1CCN(c2c(F)cc(CO)cc2F)CC1. The van der Waals surface area contributed by atoms with Crippen molar-refractivity contribution in [3.63, 3.8) is 0 Å². The molecule has 0 atom stereocenters. The fraction of sp³-hybridized carbons (Fsp3) is 0.500. The first-order valence-electron chi connectivity index (χ1n) is 6.82. The summed E-state index contributed by atoms with van der Waals surface area (Å²) in [6.07, 6.45) is -0.409. The molecule has 0 aliphatic carbocycles. The topological polar surface area (TPSA) is 53.0 Å². The summed E-state index contributed by atoms with van der Waals surface area (Å²) in [5.74, 6) is -1.41. The largest absolute Gasteiger partial charge is 0.450 e. The molecule has 1 aliphatic rings. The van der Waals surface area contributed by atoms with Crippen LogP contribution in [0.3, 0.4) is 0 Å². The number of nitrogens with zero attached hydrogens (tertiary/aromatic N) is 2. The maximum Gasteiger partial charge on any atom is 0.409 e. The monoisotopic (exact) mass is 300 g/mol. The van der Waals surface area contributed by atoms with Gasteiger partial charge in [0.15, 0.2) is 0 Å². The number of anilines is 1. The van der Waals surface area contributed by atoms with Gasteiger partial charge in [-0.25, -0.2) is 13.6 Å². The normalized spacial score (nSPS) is 15.2. The number of aliphatic hydroxyl groups excluding tert-OH is 1. The van der Waals surface area contributed by atoms with Crippen molar-refractivity contribution in [1.82, 2.24) is 4.90 Å². The Morgan fingerprint density at radius 3 is 2.29 bits per heavy atom. The first-order chi connectivity index (χ1) is 10.1. The molecule has 0 unspecified atom stereocenters. The second-order valence-corrected chi connectivity index (χ2v) is 4.74. The summed E-state index contributed by atoms with van der Waals surface area (Å²) >= 11 is 0. The van der Waals surface area contributed by atoms with Gasteiger partial charge in [0.1, 0.15) is 17.3 Å². The van der Waals surface area contributed by atoms with Crippen molar-refractivity contribution in [2.24, 2.45) is 0 Å². The van der Waals surface area contributed by atoms with Crippen LogP contribution in [0.4, 0.5) is 19.3 Å². The molecular formula is C14H18F2N2O3. The maximum absolute atomic E-state index is 14.0. The molecule has 1 saturated heterocycles. The molecule has 1 aromatic rings. The average molecular weight is 300 g/mol. The van der Waals surface area contributed by atoms with Gasteiger partial charge in [0, 0.05) is 26.2 Å². The van der Waals surface area contributed by atoms with Crippen LogP contribution in [-0.4, -0.2) is 48.9 Å². The number of aliphatic hydroxyl groups is 1. The number of carbonyl (C=O) groups is 1. The summed E-state index contributed by atoms with van der Waals surface area (Å²) in [7, 11) is 0. The van der Waals surface area contributed by atoms with Crippen molar-refractivity contribution >= 4 is 11.8 Å². The summed E-state index contributed by atoms with van der Waals surface area (Å²) < 4.78 is 32.8. The van der Waals surface area contributed by atoms with Gasteiger partial charge < -0.3 is 19.6 Å². The fourth-order valence-electron chi connectivity index (χ4n) is 2.34. The van der Waals surface area contributed by atoms with Gasteiger partial charge >= 0.3 is 6.09 Å². The second-order valence-electron chi connectivity index (χ2n) is 4.74. The summed E-state index contributed by atoms with van der Waals surface area (Å²) in [5, 5.41) is 8.93. The lowest BCUT2D eigenvalue weighted by atomic mass is 10.1. The standard InChI is InChI=1S/C14H18F2N2O3/c1-2-21-14(20)18-5-3-17(4-6-18)13-11(15)7-10(9-19)8-12(13)16/h7-8,19H,2-6,9H2,1H3. The number of benzene rings is 1. The highest BCUT2D eigenvalue weighted by Gasteiger charge is 2.25. The minimum atomic E-state index is -0.705. The van der Waals surface area contributed by atoms with Crippen LogP contribution in [0.1, 0.15) is 12.5 Å². The van der Waals surface area contributed by atoms with E-state index in [9.17, 15) is 13.6 Å². The van der Waals surface area contributed by atoms with E-state index in [4.69, 9.17) is 9.84 Å². The van der Waals surface area contributed by atoms with Crippen LogP contribution < -0.4 is 4.90 Å². The van der Waals surface area contributed by atoms with Crippen molar-refractivity contribution in [2.75, 3.05) is 37.7 Å². The Hall–Kier alpha value is -1.89. The lowest BCUT2D eigenvalue weighted by Gasteiger charge is -2.35. The predicted molar refractivity (Wildman–Crippen MR) is 73.1 cm³/mol. The van der Waals surface area contributed by atoms with Crippen LogP contribution in [0.5, 0.6) is 0 Å². The molecule has 1 aliphatic heterocycles. The first kappa shape index (κ1) is 15.5. The van der Waals surface area contributed by atoms with Crippen molar-refractivity contribution < 1.29 is 23.4 Å². The lowest BCUT2D eigenvalue weighted by Crippen LogP contribution is -2.49. The Kier molecular flexibility index (Phi) is 4.95. The van der Waals surface area contributed by atoms with Crippen LogP contribution in [0.25, 0.3) is 0 Å². The average Bonchev–Trinajstić information content (AvgIpc) is 2.47. The van der Waals surface area contributed by atoms with E-state index in [1.807, 2.05) is 0 Å². The Balaban J connectivity index is 2.07. The molecule has 0 saturated carbocycles. The smallest absolute Gasteiger partial charge is 0.409 e. The zero-order valence-corrected chi connectivity index (χ0v) is 11.8. The lowest BCUT2D eigenvalue weighted by molar-refractivity contribution is 0.105. The van der Waals surface area contributed by atoms with Gasteiger partial charge in [0.2, 0.25) is 0 Å². The highest BCUT2D eigenvalue weighted by molar-refractivity contribution is 5.68. The maximum atomic E-state index is 14.0. The Bertz CT molecular complexity index is 494. The van der Waals surface area contributed by atoms with Gasteiger partial charge in [0.25, 0.3) is 0 Å². The van der Waals surface area contributed by atoms with Crippen LogP contribution >= 0.6 is 0 Å². The molecule has 21 heavy (non-hydrogen) atoms. The quantitative estimate of drug-likeness (QED) is 0.924. The number of amides is 1. The molecule has 116 valence electrons. The number of rotatable bonds is 3. The predicted octanol–water partition coefficient (Wildman–Crippen LogP) is 1.74. The van der Waals surface area contributed by atoms with E-state index < -0.39 is 24.3 Å². The molecular weight excluding hydrogens is 282 g/mol. The van der Waals surface area contributed by atoms with Crippen LogP contribution in [0.15, 0.2) is 12.1 Å². The molecule has 1 N–H and O–H groups in total. The number of halogens is 2. The minimum Gasteiger partial charge on any atom is -0.450 e. The van der Waals surface area contributed by atoms with Gasteiger partial charge in [-0.15, -0.1) is 0 Å². The number of hydrogen-bond donors (Lipinski definition) is 1. The van der Waals surface area contributed by atoms with Crippen molar-refractivity contribution in [1.29, 1.82) is 0 Å². The van der Waals surface area contributed by atoms with E-state index in [0.29, 0.717) is 32.8 Å². The molecule has 1 heterocycles. The molecule has 0 aromatic heterocycles. The van der Waals surface area contributed by atoms with E-state index in [0.717, 1.165) is 12.1 Å². The second kappa shape index (κ2) is 6.71. The van der Waals surface area contributed by atoms with E-state index in [2.05, 4.69) is 0 Å². The first-order valence-corrected chi connectivity index (χ1v) is 6.82. The summed E-state index contributed by atoms with van der Waals surface area (Å²) in [6.45, 7) is 2.95. The highest BCUT2D eigenvalue weighted by Crippen LogP contribution is 2.26. The van der Waals surface area contributed by atoms with Gasteiger partial charge in [0.05, 0.1) is 13.2 Å². The third-order valence-corrected chi connectivity index (χ3v) is 3.38. The van der Waals surface area contributed by atoms with Gasteiger partial charge in [-0.1, -0.05) is 0 Å². The van der Waals surface area contributed by atoms with E-state index in [1.165, 1.54) is 4.90 Å². The molecule has 1 fully saturated rings. The number of piperazine rings is 1. The summed E-state index contributed by atoms with van der Waals surface area (Å²) in [5.41, 5.74) is 0.0784. The third kappa shape index (κ3) is 3.41. The molecule has 0 bridgehead atoms. The minimum absolute atomic E-state index is 0.115. The molecule has 0 spiro atoms. The molecule has 7 heteroatoms. The van der Waals surface area contributed by atoms with E-state index in [1.54, 1.807) is 11.8 Å². The zero-order chi connectivity index (χ0) is 15.4. The van der Waals surface area contributed by atoms with Gasteiger partial charge in [-0.2, -0.15) is 0 Å². The molecule has 1 aromatic carbocycles. The van der Waals surface area contributed by atoms with Crippen molar-refractivity contribution in [2.45, 2.75) is 13.5 Å². The van der Waals surface area contributed by atoms with Crippen LogP contribution in [-0.2, 0) is 11.3 Å². The van der Waals surface area contributed by atoms with Crippen molar-refractivity contribution in [3.8, 4) is 0 Å². The molecule has 1 amide bonds. The Morgan fingerprint density at radius 1 is 1.24 bits per heavy atom. The van der Waals surface area contributed by atoms with Gasteiger partial charge in [-0.3, -0.25) is 0 Å². The number of carbonyl (C=O) groups excluding carboxylic acids is 1. The van der Waals surface area contributed by atoms with Crippen LogP contribution in [0, 0.1) is 11.6 Å². The number of ether oxygens (including phenoxy) is 1. The van der Waals surface area contributed by atoms with Gasteiger partial charge in [-0.05, 0) is 24.6 Å². The third-order valence-electron chi connectivity index (χ3n) is 3.38. The highest BCUT2D eigenvalue weighted by atomic mass is 19.1. The van der Waals surface area contributed by atoms with Crippen molar-refractivity contribution in [3.05, 3.63) is 29.3 Å². The summed E-state index contributed by atoms with van der Waals surface area (Å²) in [6, 6.07) is 2.24. The molecule has 0 radical (unpaired) electrons. The van der Waals surface area contributed by atoms with Crippen LogP contribution in [0.2, 0.25) is 0 Å². The zero-order valence-electron chi connectivity index (χ0n) is 11.8. The summed E-state index contributed by atoms with van der Waals surface area (Å²) in [4.78, 5) is 14.6. The Morgan fingerprint density at radius 2 is 1.81 bits per heavy atom. The molecule has 5 nitrogen and oxygen atoms in total.